The highest BCUT2D eigenvalue weighted by atomic mass is 19.4. The van der Waals surface area contributed by atoms with E-state index in [4.69, 9.17) is 5.11 Å². The van der Waals surface area contributed by atoms with E-state index in [9.17, 15) is 22.4 Å². The lowest BCUT2D eigenvalue weighted by Crippen LogP contribution is -2.02. The van der Waals surface area contributed by atoms with Crippen LogP contribution in [0.3, 0.4) is 0 Å². The lowest BCUT2D eigenvalue weighted by Gasteiger charge is -1.97. The van der Waals surface area contributed by atoms with E-state index in [0.29, 0.717) is 6.07 Å². The highest BCUT2D eigenvalue weighted by Gasteiger charge is 2.23. The minimum absolute atomic E-state index is 0.352. The largest absolute Gasteiger partial charge is 0.478 e. The molecule has 0 aliphatic rings. The molecule has 0 fully saturated rings. The maximum atomic E-state index is 13.1. The Morgan fingerprint density at radius 2 is 1.94 bits per heavy atom. The molecular formula is C10H4F4O2. The van der Waals surface area contributed by atoms with Crippen molar-refractivity contribution in [1.82, 2.24) is 0 Å². The first kappa shape index (κ1) is 12.0. The number of alkyl halides is 3. The van der Waals surface area contributed by atoms with Crippen LogP contribution in [0.2, 0.25) is 0 Å². The molecule has 0 bridgehead atoms. The molecule has 0 aliphatic heterocycles. The fourth-order valence-electron chi connectivity index (χ4n) is 0.888. The summed E-state index contributed by atoms with van der Waals surface area (Å²) in [5, 5.41) is 8.48. The molecule has 0 radical (unpaired) electrons. The van der Waals surface area contributed by atoms with Crippen LogP contribution in [-0.4, -0.2) is 17.3 Å². The highest BCUT2D eigenvalue weighted by molar-refractivity contribution is 5.87. The van der Waals surface area contributed by atoms with Gasteiger partial charge in [0, 0.05) is 5.92 Å². The summed E-state index contributed by atoms with van der Waals surface area (Å²) in [5.41, 5.74) is -0.850. The number of hydrogen-bond acceptors (Lipinski definition) is 1. The number of halogens is 4. The first-order valence-corrected chi connectivity index (χ1v) is 3.92. The summed E-state index contributed by atoms with van der Waals surface area (Å²) in [6, 6.07) is 2.48. The van der Waals surface area contributed by atoms with E-state index in [0.717, 1.165) is 18.1 Å². The summed E-state index contributed by atoms with van der Waals surface area (Å²) < 4.78 is 48.1. The maximum absolute atomic E-state index is 13.1. The zero-order valence-corrected chi connectivity index (χ0v) is 7.60. The number of rotatable bonds is 1. The minimum Gasteiger partial charge on any atom is -0.478 e. The van der Waals surface area contributed by atoms with E-state index in [1.54, 1.807) is 5.92 Å². The molecule has 2 nitrogen and oxygen atoms in total. The Bertz CT molecular complexity index is 480. The molecule has 1 aromatic carbocycles. The summed E-state index contributed by atoms with van der Waals surface area (Å²) >= 11 is 0. The summed E-state index contributed by atoms with van der Waals surface area (Å²) in [4.78, 5) is 10.4. The van der Waals surface area contributed by atoms with Crippen LogP contribution in [0.15, 0.2) is 18.2 Å². The van der Waals surface area contributed by atoms with E-state index in [1.165, 1.54) is 0 Å². The Morgan fingerprint density at radius 3 is 2.38 bits per heavy atom. The third-order valence-corrected chi connectivity index (χ3v) is 1.55. The molecule has 6 heteroatoms. The van der Waals surface area contributed by atoms with Gasteiger partial charge in [0.2, 0.25) is 0 Å². The van der Waals surface area contributed by atoms with Crippen LogP contribution in [0, 0.1) is 17.7 Å². The van der Waals surface area contributed by atoms with Crippen molar-refractivity contribution in [3.8, 4) is 11.8 Å². The van der Waals surface area contributed by atoms with Gasteiger partial charge in [0.25, 0.3) is 0 Å². The first-order chi connectivity index (χ1) is 7.29. The van der Waals surface area contributed by atoms with Crippen LogP contribution in [0.1, 0.15) is 15.9 Å². The smallest absolute Gasteiger partial charge is 0.458 e. The van der Waals surface area contributed by atoms with Gasteiger partial charge in [0.1, 0.15) is 5.82 Å². The monoisotopic (exact) mass is 232 g/mol. The van der Waals surface area contributed by atoms with Gasteiger partial charge >= 0.3 is 12.1 Å². The lowest BCUT2D eigenvalue weighted by atomic mass is 10.1. The summed E-state index contributed by atoms with van der Waals surface area (Å²) in [6.45, 7) is 0. The zero-order chi connectivity index (χ0) is 12.3. The maximum Gasteiger partial charge on any atom is 0.458 e. The fraction of sp³-hybridized carbons (Fsp3) is 0.100. The van der Waals surface area contributed by atoms with Crippen molar-refractivity contribution in [3.63, 3.8) is 0 Å². The predicted octanol–water partition coefficient (Wildman–Crippen LogP) is 2.44. The second-order valence-corrected chi connectivity index (χ2v) is 2.75. The average molecular weight is 232 g/mol. The van der Waals surface area contributed by atoms with Gasteiger partial charge in [-0.3, -0.25) is 0 Å². The molecule has 0 spiro atoms. The van der Waals surface area contributed by atoms with Crippen LogP contribution >= 0.6 is 0 Å². The average Bonchev–Trinajstić information content (AvgIpc) is 2.14. The molecule has 0 aliphatic carbocycles. The van der Waals surface area contributed by atoms with Crippen molar-refractivity contribution >= 4 is 5.97 Å². The Kier molecular flexibility index (Phi) is 3.18. The molecule has 1 rings (SSSR count). The number of aromatic carboxylic acids is 1. The third kappa shape index (κ3) is 3.28. The third-order valence-electron chi connectivity index (χ3n) is 1.55. The number of carbonyl (C=O) groups is 1. The Labute approximate surface area is 87.5 Å². The van der Waals surface area contributed by atoms with Crippen molar-refractivity contribution < 1.29 is 27.5 Å². The Morgan fingerprint density at radius 1 is 1.31 bits per heavy atom. The van der Waals surface area contributed by atoms with Gasteiger partial charge in [-0.2, -0.15) is 13.2 Å². The van der Waals surface area contributed by atoms with E-state index < -0.39 is 23.5 Å². The van der Waals surface area contributed by atoms with Crippen molar-refractivity contribution in [1.29, 1.82) is 0 Å². The van der Waals surface area contributed by atoms with Gasteiger partial charge in [0.05, 0.1) is 11.1 Å². The van der Waals surface area contributed by atoms with E-state index >= 15 is 0 Å². The van der Waals surface area contributed by atoms with Crippen LogP contribution in [0.5, 0.6) is 0 Å². The Hall–Kier alpha value is -2.03. The van der Waals surface area contributed by atoms with Crippen molar-refractivity contribution in [3.05, 3.63) is 35.1 Å². The number of carboxylic acid groups (broad SMARTS) is 1. The standard InChI is InChI=1S/C10H4F4O2/c11-8-5-7(9(15)16)2-1-6(8)3-4-10(12,13)14/h1-2,5H,(H,15,16). The Balaban J connectivity index is 3.08. The molecule has 0 saturated heterocycles. The van der Waals surface area contributed by atoms with Gasteiger partial charge in [-0.05, 0) is 18.2 Å². The quantitative estimate of drug-likeness (QED) is 0.596. The van der Waals surface area contributed by atoms with Crippen LogP contribution in [0.4, 0.5) is 17.6 Å². The molecule has 0 atom stereocenters. The number of hydrogen-bond donors (Lipinski definition) is 1. The summed E-state index contributed by atoms with van der Waals surface area (Å²) in [6.07, 6.45) is -4.71. The molecule has 0 amide bonds. The van der Waals surface area contributed by atoms with E-state index in [1.807, 2.05) is 0 Å². The second-order valence-electron chi connectivity index (χ2n) is 2.75. The lowest BCUT2D eigenvalue weighted by molar-refractivity contribution is -0.0696. The van der Waals surface area contributed by atoms with Gasteiger partial charge < -0.3 is 5.11 Å². The topological polar surface area (TPSA) is 37.3 Å². The summed E-state index contributed by atoms with van der Waals surface area (Å²) in [7, 11) is 0. The first-order valence-electron chi connectivity index (χ1n) is 3.92. The van der Waals surface area contributed by atoms with Gasteiger partial charge in [-0.25, -0.2) is 9.18 Å². The molecule has 16 heavy (non-hydrogen) atoms. The molecule has 0 unspecified atom stereocenters. The number of carboxylic acids is 1. The van der Waals surface area contributed by atoms with E-state index in [2.05, 4.69) is 0 Å². The second kappa shape index (κ2) is 4.23. The molecule has 0 heterocycles. The van der Waals surface area contributed by atoms with Gasteiger partial charge in [-0.15, -0.1) is 0 Å². The highest BCUT2D eigenvalue weighted by Crippen LogP contribution is 2.14. The number of benzene rings is 1. The molecule has 1 N–H and O–H groups in total. The van der Waals surface area contributed by atoms with Gasteiger partial charge in [-0.1, -0.05) is 5.92 Å². The van der Waals surface area contributed by atoms with Crippen LogP contribution in [0.25, 0.3) is 0 Å². The normalized spacial score (nSPS) is 10.5. The SMILES string of the molecule is O=C(O)c1ccc(C#CC(F)(F)F)c(F)c1. The van der Waals surface area contributed by atoms with Crippen molar-refractivity contribution in [2.24, 2.45) is 0 Å². The molecule has 1 aromatic rings. The minimum atomic E-state index is -4.71. The van der Waals surface area contributed by atoms with Crippen molar-refractivity contribution in [2.75, 3.05) is 0 Å². The molecular weight excluding hydrogens is 228 g/mol. The molecule has 0 saturated carbocycles. The summed E-state index contributed by atoms with van der Waals surface area (Å²) in [5.74, 6) is -0.000443. The molecule has 84 valence electrons. The fourth-order valence-corrected chi connectivity index (χ4v) is 0.888. The predicted molar refractivity (Wildman–Crippen MR) is 46.3 cm³/mol. The molecule has 0 aromatic heterocycles. The van der Waals surface area contributed by atoms with E-state index in [-0.39, 0.29) is 5.56 Å². The van der Waals surface area contributed by atoms with Gasteiger partial charge in [0.15, 0.2) is 0 Å². The van der Waals surface area contributed by atoms with Crippen LogP contribution in [-0.2, 0) is 0 Å². The van der Waals surface area contributed by atoms with Crippen molar-refractivity contribution in [2.45, 2.75) is 6.18 Å². The van der Waals surface area contributed by atoms with Crippen LogP contribution < -0.4 is 0 Å². The zero-order valence-electron chi connectivity index (χ0n) is 7.60.